The van der Waals surface area contributed by atoms with Gasteiger partial charge in [0.1, 0.15) is 5.56 Å². The number of hydrogen-bond donors (Lipinski definition) is 2. The van der Waals surface area contributed by atoms with Crippen molar-refractivity contribution in [2.75, 3.05) is 33.8 Å². The minimum absolute atomic E-state index is 0.0893. The summed E-state index contributed by atoms with van der Waals surface area (Å²) in [7, 11) is 4.15. The molecular weight excluding hydrogens is 400 g/mol. The molecule has 1 aromatic heterocycles. The lowest BCUT2D eigenvalue weighted by Gasteiger charge is -2.31. The average molecular weight is 435 g/mol. The fraction of sp³-hybridized carbons (Fsp3) is 0.636. The summed E-state index contributed by atoms with van der Waals surface area (Å²) in [5.41, 5.74) is 0.467. The third-order valence-electron chi connectivity index (χ3n) is 5.91. The monoisotopic (exact) mass is 434 g/mol. The highest BCUT2D eigenvalue weighted by Crippen LogP contribution is 2.28. The molecule has 1 aliphatic carbocycles. The molecule has 0 bridgehead atoms. The van der Waals surface area contributed by atoms with E-state index in [9.17, 15) is 9.59 Å². The van der Waals surface area contributed by atoms with Crippen molar-refractivity contribution in [1.82, 2.24) is 20.1 Å². The minimum Gasteiger partial charge on any atom is -0.483 e. The van der Waals surface area contributed by atoms with Gasteiger partial charge in [0.25, 0.3) is 12.4 Å². The van der Waals surface area contributed by atoms with Crippen molar-refractivity contribution in [3.63, 3.8) is 0 Å². The van der Waals surface area contributed by atoms with Gasteiger partial charge in [0, 0.05) is 37.3 Å². The van der Waals surface area contributed by atoms with Gasteiger partial charge in [-0.3, -0.25) is 14.4 Å². The van der Waals surface area contributed by atoms with Gasteiger partial charge in [-0.1, -0.05) is 0 Å². The number of likely N-dealkylation sites (tertiary alicyclic amines) is 1. The molecule has 2 fully saturated rings. The molecule has 1 aliphatic heterocycles. The standard InChI is InChI=1S/C21H32N4O3.CH2O2/c1-4-28-20-18(6-5-12-22-20)19(26)23-16-9-7-15(8-10-16)21(27)25-13-11-17(14-25)24(2)3;2-1-3/h5-6,12,15-17H,4,7-11,13-14H2,1-3H3,(H,23,26);1H,(H,2,3). The summed E-state index contributed by atoms with van der Waals surface area (Å²) in [5.74, 6) is 0.599. The van der Waals surface area contributed by atoms with Crippen molar-refractivity contribution in [3.8, 4) is 5.88 Å². The predicted molar refractivity (Wildman–Crippen MR) is 116 cm³/mol. The number of hydrogen-bond acceptors (Lipinski definition) is 6. The topological polar surface area (TPSA) is 112 Å². The molecule has 2 aliphatic rings. The maximum absolute atomic E-state index is 12.8. The number of nitrogens with zero attached hydrogens (tertiary/aromatic N) is 3. The average Bonchev–Trinajstić information content (AvgIpc) is 3.26. The summed E-state index contributed by atoms with van der Waals surface area (Å²) in [6.45, 7) is 3.79. The van der Waals surface area contributed by atoms with E-state index in [1.165, 1.54) is 0 Å². The van der Waals surface area contributed by atoms with Gasteiger partial charge in [0.05, 0.1) is 6.61 Å². The van der Waals surface area contributed by atoms with E-state index in [2.05, 4.69) is 29.3 Å². The van der Waals surface area contributed by atoms with E-state index in [-0.39, 0.29) is 24.3 Å². The number of pyridine rings is 1. The number of carbonyl (C=O) groups excluding carboxylic acids is 2. The lowest BCUT2D eigenvalue weighted by molar-refractivity contribution is -0.135. The largest absolute Gasteiger partial charge is 0.483 e. The van der Waals surface area contributed by atoms with E-state index in [0.717, 1.165) is 45.2 Å². The molecule has 0 radical (unpaired) electrons. The van der Waals surface area contributed by atoms with Gasteiger partial charge in [-0.2, -0.15) is 0 Å². The number of carbonyl (C=O) groups is 3. The fourth-order valence-corrected chi connectivity index (χ4v) is 4.18. The van der Waals surface area contributed by atoms with Gasteiger partial charge >= 0.3 is 0 Å². The zero-order chi connectivity index (χ0) is 22.8. The first-order valence-corrected chi connectivity index (χ1v) is 10.8. The van der Waals surface area contributed by atoms with E-state index in [4.69, 9.17) is 14.6 Å². The summed E-state index contributed by atoms with van der Waals surface area (Å²) < 4.78 is 5.45. The fourth-order valence-electron chi connectivity index (χ4n) is 4.18. The van der Waals surface area contributed by atoms with Crippen molar-refractivity contribution >= 4 is 18.3 Å². The third-order valence-corrected chi connectivity index (χ3v) is 5.91. The van der Waals surface area contributed by atoms with E-state index in [1.54, 1.807) is 18.3 Å². The van der Waals surface area contributed by atoms with Gasteiger partial charge in [0.15, 0.2) is 0 Å². The van der Waals surface area contributed by atoms with Crippen molar-refractivity contribution in [1.29, 1.82) is 0 Å². The molecule has 1 aromatic rings. The molecule has 2 N–H and O–H groups in total. The highest BCUT2D eigenvalue weighted by Gasteiger charge is 2.34. The molecule has 31 heavy (non-hydrogen) atoms. The number of carboxylic acid groups (broad SMARTS) is 1. The predicted octanol–water partition coefficient (Wildman–Crippen LogP) is 1.63. The highest BCUT2D eigenvalue weighted by atomic mass is 16.5. The van der Waals surface area contributed by atoms with Gasteiger partial charge in [0.2, 0.25) is 11.8 Å². The first kappa shape index (κ1) is 24.6. The number of ether oxygens (including phenoxy) is 1. The molecule has 2 amide bonds. The highest BCUT2D eigenvalue weighted by molar-refractivity contribution is 5.96. The van der Waals surface area contributed by atoms with Crippen molar-refractivity contribution < 1.29 is 24.2 Å². The molecule has 0 aromatic carbocycles. The summed E-state index contributed by atoms with van der Waals surface area (Å²) in [6.07, 6.45) is 6.00. The first-order valence-electron chi connectivity index (χ1n) is 10.8. The van der Waals surface area contributed by atoms with Crippen LogP contribution in [0.5, 0.6) is 5.88 Å². The van der Waals surface area contributed by atoms with E-state index in [0.29, 0.717) is 30.0 Å². The Morgan fingerprint density at radius 2 is 1.97 bits per heavy atom. The van der Waals surface area contributed by atoms with Gasteiger partial charge in [-0.15, -0.1) is 0 Å². The van der Waals surface area contributed by atoms with Crippen LogP contribution < -0.4 is 10.1 Å². The van der Waals surface area contributed by atoms with Crippen molar-refractivity contribution in [3.05, 3.63) is 23.9 Å². The maximum atomic E-state index is 12.8. The number of likely N-dealkylation sites (N-methyl/N-ethyl adjacent to an activating group) is 1. The quantitative estimate of drug-likeness (QED) is 0.655. The lowest BCUT2D eigenvalue weighted by Crippen LogP contribution is -2.42. The molecule has 9 nitrogen and oxygen atoms in total. The van der Waals surface area contributed by atoms with E-state index < -0.39 is 0 Å². The van der Waals surface area contributed by atoms with Crippen LogP contribution in [0.2, 0.25) is 0 Å². The Morgan fingerprint density at radius 3 is 2.55 bits per heavy atom. The third kappa shape index (κ3) is 6.92. The Labute approximate surface area is 183 Å². The Morgan fingerprint density at radius 1 is 1.29 bits per heavy atom. The summed E-state index contributed by atoms with van der Waals surface area (Å²) in [4.78, 5) is 42.2. The summed E-state index contributed by atoms with van der Waals surface area (Å²) in [5, 5.41) is 9.98. The number of aromatic nitrogens is 1. The van der Waals surface area contributed by atoms with E-state index >= 15 is 0 Å². The molecule has 1 saturated carbocycles. The Kier molecular flexibility index (Phi) is 9.71. The molecule has 9 heteroatoms. The summed E-state index contributed by atoms with van der Waals surface area (Å²) >= 11 is 0. The van der Waals surface area contributed by atoms with Crippen LogP contribution in [0.1, 0.15) is 49.4 Å². The van der Waals surface area contributed by atoms with Crippen molar-refractivity contribution in [2.45, 2.75) is 51.1 Å². The van der Waals surface area contributed by atoms with E-state index in [1.807, 2.05) is 11.8 Å². The van der Waals surface area contributed by atoms with Crippen LogP contribution in [0, 0.1) is 5.92 Å². The van der Waals surface area contributed by atoms with Crippen LogP contribution in [-0.2, 0) is 9.59 Å². The molecule has 3 rings (SSSR count). The molecule has 1 atom stereocenters. The Bertz CT molecular complexity index is 734. The minimum atomic E-state index is -0.250. The van der Waals surface area contributed by atoms with Gasteiger partial charge in [-0.25, -0.2) is 4.98 Å². The normalized spacial score (nSPS) is 23.0. The van der Waals surface area contributed by atoms with Crippen LogP contribution in [0.3, 0.4) is 0 Å². The van der Waals surface area contributed by atoms with Crippen LogP contribution in [0.4, 0.5) is 0 Å². The van der Waals surface area contributed by atoms with Crippen LogP contribution in [-0.4, -0.2) is 84.1 Å². The van der Waals surface area contributed by atoms with Crippen LogP contribution in [0.25, 0.3) is 0 Å². The zero-order valence-electron chi connectivity index (χ0n) is 18.6. The second kappa shape index (κ2) is 12.2. The lowest BCUT2D eigenvalue weighted by atomic mass is 9.85. The van der Waals surface area contributed by atoms with Gasteiger partial charge in [-0.05, 0) is 65.3 Å². The van der Waals surface area contributed by atoms with Crippen LogP contribution >= 0.6 is 0 Å². The number of rotatable bonds is 6. The number of nitrogens with one attached hydrogen (secondary N) is 1. The molecule has 2 heterocycles. The Hall–Kier alpha value is -2.68. The maximum Gasteiger partial charge on any atom is 0.290 e. The zero-order valence-corrected chi connectivity index (χ0v) is 18.6. The Balaban J connectivity index is 0.00000107. The van der Waals surface area contributed by atoms with Crippen molar-refractivity contribution in [2.24, 2.45) is 5.92 Å². The molecular formula is C22H34N4O5. The second-order valence-electron chi connectivity index (χ2n) is 8.11. The number of amides is 2. The SMILES string of the molecule is CCOc1ncccc1C(=O)NC1CCC(C(=O)N2CCC(N(C)C)C2)CC1.O=CO. The molecule has 172 valence electrons. The van der Waals surface area contributed by atoms with Gasteiger partial charge < -0.3 is 25.0 Å². The summed E-state index contributed by atoms with van der Waals surface area (Å²) in [6, 6.07) is 4.04. The molecule has 0 spiro atoms. The molecule has 1 unspecified atom stereocenters. The first-order chi connectivity index (χ1) is 14.9. The van der Waals surface area contributed by atoms with Crippen LogP contribution in [0.15, 0.2) is 18.3 Å². The molecule has 1 saturated heterocycles. The smallest absolute Gasteiger partial charge is 0.290 e. The second-order valence-corrected chi connectivity index (χ2v) is 8.11.